The van der Waals surface area contributed by atoms with Gasteiger partial charge < -0.3 is 10.0 Å². The summed E-state index contributed by atoms with van der Waals surface area (Å²) in [5.41, 5.74) is 0.998. The van der Waals surface area contributed by atoms with Crippen molar-refractivity contribution in [3.8, 4) is 10.6 Å². The number of non-ortho nitro benzene ring substituents is 1. The Morgan fingerprint density at radius 1 is 1.42 bits per heavy atom. The summed E-state index contributed by atoms with van der Waals surface area (Å²) in [6.45, 7) is 1.40. The highest BCUT2D eigenvalue weighted by molar-refractivity contribution is 7.13. The lowest BCUT2D eigenvalue weighted by Gasteiger charge is -2.30. The van der Waals surface area contributed by atoms with Crippen molar-refractivity contribution in [1.82, 2.24) is 9.88 Å². The number of aromatic nitrogens is 1. The van der Waals surface area contributed by atoms with Gasteiger partial charge in [0.05, 0.1) is 4.92 Å². The van der Waals surface area contributed by atoms with E-state index in [1.807, 2.05) is 0 Å². The zero-order valence-electron chi connectivity index (χ0n) is 12.9. The van der Waals surface area contributed by atoms with E-state index in [-0.39, 0.29) is 24.1 Å². The highest BCUT2D eigenvalue weighted by Crippen LogP contribution is 2.28. The summed E-state index contributed by atoms with van der Waals surface area (Å²) >= 11 is 1.30. The van der Waals surface area contributed by atoms with E-state index in [0.29, 0.717) is 29.4 Å². The Kier molecular flexibility index (Phi) is 4.86. The van der Waals surface area contributed by atoms with E-state index >= 15 is 0 Å². The zero-order valence-corrected chi connectivity index (χ0v) is 13.7. The third-order valence-electron chi connectivity index (χ3n) is 4.19. The van der Waals surface area contributed by atoms with E-state index < -0.39 is 4.92 Å². The first-order valence-corrected chi connectivity index (χ1v) is 8.57. The second-order valence-corrected chi connectivity index (χ2v) is 6.62. The number of nitro benzene ring substituents is 1. The number of nitro groups is 1. The van der Waals surface area contributed by atoms with Crippen LogP contribution in [0.25, 0.3) is 10.6 Å². The van der Waals surface area contributed by atoms with Gasteiger partial charge in [-0.25, -0.2) is 4.98 Å². The number of hydrogen-bond acceptors (Lipinski definition) is 6. The fourth-order valence-electron chi connectivity index (χ4n) is 2.74. The number of aliphatic hydroxyl groups is 1. The van der Waals surface area contributed by atoms with E-state index in [2.05, 4.69) is 4.98 Å². The molecule has 0 saturated carbocycles. The van der Waals surface area contributed by atoms with Gasteiger partial charge in [-0.3, -0.25) is 14.9 Å². The number of nitrogens with zero attached hydrogens (tertiary/aromatic N) is 3. The van der Waals surface area contributed by atoms with Gasteiger partial charge in [-0.15, -0.1) is 11.3 Å². The number of rotatable bonds is 4. The SMILES string of the molecule is O=C(c1csc(-c2cccc([N+](=O)[O-])c2)n1)N1CCC(CO)CC1. The molecule has 24 heavy (non-hydrogen) atoms. The third kappa shape index (κ3) is 3.44. The summed E-state index contributed by atoms with van der Waals surface area (Å²) in [5.74, 6) is 0.143. The monoisotopic (exact) mass is 347 g/mol. The van der Waals surface area contributed by atoms with E-state index in [1.165, 1.54) is 23.5 Å². The minimum absolute atomic E-state index is 0.00153. The molecule has 1 N–H and O–H groups in total. The molecule has 0 spiro atoms. The molecule has 1 aromatic carbocycles. The van der Waals surface area contributed by atoms with Crippen LogP contribution in [0, 0.1) is 16.0 Å². The van der Waals surface area contributed by atoms with Gasteiger partial charge in [0.1, 0.15) is 10.7 Å². The first kappa shape index (κ1) is 16.5. The van der Waals surface area contributed by atoms with Gasteiger partial charge in [-0.1, -0.05) is 12.1 Å². The van der Waals surface area contributed by atoms with Crippen molar-refractivity contribution in [1.29, 1.82) is 0 Å². The molecule has 0 radical (unpaired) electrons. The molecule has 7 nitrogen and oxygen atoms in total. The fourth-order valence-corrected chi connectivity index (χ4v) is 3.53. The lowest BCUT2D eigenvalue weighted by atomic mass is 9.98. The van der Waals surface area contributed by atoms with Crippen molar-refractivity contribution >= 4 is 22.9 Å². The van der Waals surface area contributed by atoms with E-state index in [0.717, 1.165) is 12.8 Å². The van der Waals surface area contributed by atoms with Gasteiger partial charge in [-0.05, 0) is 18.8 Å². The van der Waals surface area contributed by atoms with Crippen LogP contribution in [0.3, 0.4) is 0 Å². The van der Waals surface area contributed by atoms with Crippen LogP contribution in [0.15, 0.2) is 29.6 Å². The molecule has 1 aliphatic rings. The molecule has 1 amide bonds. The maximum Gasteiger partial charge on any atom is 0.273 e. The molecular formula is C16H17N3O4S. The predicted molar refractivity (Wildman–Crippen MR) is 89.9 cm³/mol. The molecule has 0 unspecified atom stereocenters. The molecule has 2 heterocycles. The number of hydrogen-bond donors (Lipinski definition) is 1. The number of carbonyl (C=O) groups excluding carboxylic acids is 1. The maximum atomic E-state index is 12.5. The van der Waals surface area contributed by atoms with Gasteiger partial charge in [-0.2, -0.15) is 0 Å². The minimum Gasteiger partial charge on any atom is -0.396 e. The Balaban J connectivity index is 1.75. The molecule has 3 rings (SSSR count). The van der Waals surface area contributed by atoms with Crippen molar-refractivity contribution < 1.29 is 14.8 Å². The average Bonchev–Trinajstić information content (AvgIpc) is 3.11. The summed E-state index contributed by atoms with van der Waals surface area (Å²) in [4.78, 5) is 29.0. The number of piperidine rings is 1. The van der Waals surface area contributed by atoms with Gasteiger partial charge in [0, 0.05) is 42.8 Å². The van der Waals surface area contributed by atoms with Crippen LogP contribution in [0.5, 0.6) is 0 Å². The van der Waals surface area contributed by atoms with Crippen molar-refractivity contribution in [3.63, 3.8) is 0 Å². The lowest BCUT2D eigenvalue weighted by Crippen LogP contribution is -2.39. The Bertz CT molecular complexity index is 753. The molecule has 2 aromatic rings. The maximum absolute atomic E-state index is 12.5. The smallest absolute Gasteiger partial charge is 0.273 e. The number of carbonyl (C=O) groups is 1. The summed E-state index contributed by atoms with van der Waals surface area (Å²) < 4.78 is 0. The Hall–Kier alpha value is -2.32. The zero-order chi connectivity index (χ0) is 17.1. The van der Waals surface area contributed by atoms with Crippen molar-refractivity contribution in [3.05, 3.63) is 45.5 Å². The van der Waals surface area contributed by atoms with E-state index in [9.17, 15) is 14.9 Å². The van der Waals surface area contributed by atoms with E-state index in [1.54, 1.807) is 22.4 Å². The Morgan fingerprint density at radius 3 is 2.83 bits per heavy atom. The van der Waals surface area contributed by atoms with Gasteiger partial charge >= 0.3 is 0 Å². The van der Waals surface area contributed by atoms with Crippen molar-refractivity contribution in [2.45, 2.75) is 12.8 Å². The highest BCUT2D eigenvalue weighted by atomic mass is 32.1. The molecule has 1 saturated heterocycles. The van der Waals surface area contributed by atoms with Crippen LogP contribution in [0.1, 0.15) is 23.3 Å². The van der Waals surface area contributed by atoms with Gasteiger partial charge in [0.15, 0.2) is 0 Å². The van der Waals surface area contributed by atoms with Crippen molar-refractivity contribution in [2.75, 3.05) is 19.7 Å². The predicted octanol–water partition coefficient (Wildman–Crippen LogP) is 2.56. The molecule has 1 fully saturated rings. The van der Waals surface area contributed by atoms with Crippen LogP contribution in [0.4, 0.5) is 5.69 Å². The second-order valence-electron chi connectivity index (χ2n) is 5.76. The quantitative estimate of drug-likeness (QED) is 0.677. The normalized spacial score (nSPS) is 15.5. The highest BCUT2D eigenvalue weighted by Gasteiger charge is 2.25. The molecule has 1 aliphatic heterocycles. The summed E-state index contributed by atoms with van der Waals surface area (Å²) in [6, 6.07) is 6.23. The van der Waals surface area contributed by atoms with Crippen LogP contribution in [0.2, 0.25) is 0 Å². The van der Waals surface area contributed by atoms with E-state index in [4.69, 9.17) is 5.11 Å². The molecule has 8 heteroatoms. The Labute approximate surface area is 142 Å². The number of benzene rings is 1. The average molecular weight is 347 g/mol. The molecule has 0 aliphatic carbocycles. The molecule has 0 atom stereocenters. The number of thiazole rings is 1. The first-order chi connectivity index (χ1) is 11.6. The summed E-state index contributed by atoms with van der Waals surface area (Å²) in [5, 5.41) is 22.3. The largest absolute Gasteiger partial charge is 0.396 e. The number of aliphatic hydroxyl groups excluding tert-OH is 1. The molecule has 126 valence electrons. The molecule has 1 aromatic heterocycles. The topological polar surface area (TPSA) is 96.6 Å². The van der Waals surface area contributed by atoms with Crippen molar-refractivity contribution in [2.24, 2.45) is 5.92 Å². The molecular weight excluding hydrogens is 330 g/mol. The summed E-state index contributed by atoms with van der Waals surface area (Å²) in [6.07, 6.45) is 1.59. The van der Waals surface area contributed by atoms with Crippen LogP contribution < -0.4 is 0 Å². The molecule has 0 bridgehead atoms. The van der Waals surface area contributed by atoms with Gasteiger partial charge in [0.25, 0.3) is 11.6 Å². The number of likely N-dealkylation sites (tertiary alicyclic amines) is 1. The van der Waals surface area contributed by atoms with Gasteiger partial charge in [0.2, 0.25) is 0 Å². The van der Waals surface area contributed by atoms with Crippen LogP contribution >= 0.6 is 11.3 Å². The minimum atomic E-state index is -0.450. The lowest BCUT2D eigenvalue weighted by molar-refractivity contribution is -0.384. The number of amides is 1. The third-order valence-corrected chi connectivity index (χ3v) is 5.08. The van der Waals surface area contributed by atoms with Crippen LogP contribution in [-0.4, -0.2) is 45.5 Å². The fraction of sp³-hybridized carbons (Fsp3) is 0.375. The first-order valence-electron chi connectivity index (χ1n) is 7.69. The second kappa shape index (κ2) is 7.06. The summed E-state index contributed by atoms with van der Waals surface area (Å²) in [7, 11) is 0. The Morgan fingerprint density at radius 2 is 2.17 bits per heavy atom. The standard InChI is InChI=1S/C16H17N3O4S/c20-9-11-4-6-18(7-5-11)16(21)14-10-24-15(17-14)12-2-1-3-13(8-12)19(22)23/h1-3,8,10-11,20H,4-7,9H2. The van der Waals surface area contributed by atoms with Crippen LogP contribution in [-0.2, 0) is 0 Å².